The lowest BCUT2D eigenvalue weighted by Gasteiger charge is -2.35. The highest BCUT2D eigenvalue weighted by Gasteiger charge is 2.36. The second-order valence-electron chi connectivity index (χ2n) is 11.2. The first kappa shape index (κ1) is 28.8. The van der Waals surface area contributed by atoms with Crippen LogP contribution in [0.25, 0.3) is 0 Å². The number of nitrogens with zero attached hydrogens (tertiary/aromatic N) is 3. The van der Waals surface area contributed by atoms with Crippen molar-refractivity contribution in [2.24, 2.45) is 5.92 Å². The van der Waals surface area contributed by atoms with Crippen molar-refractivity contribution in [3.05, 3.63) is 52.9 Å². The van der Waals surface area contributed by atoms with E-state index in [1.54, 1.807) is 37.6 Å². The van der Waals surface area contributed by atoms with Crippen LogP contribution in [0.4, 0.5) is 15.9 Å². The van der Waals surface area contributed by atoms with Gasteiger partial charge in [0, 0.05) is 32.8 Å². The number of hydrogen-bond acceptors (Lipinski definition) is 7. The number of carbonyl (C=O) groups is 2. The van der Waals surface area contributed by atoms with E-state index in [2.05, 4.69) is 15.6 Å². The Morgan fingerprint density at radius 2 is 2.08 bits per heavy atom. The normalized spacial score (nSPS) is 22.4. The van der Waals surface area contributed by atoms with Crippen LogP contribution in [0.15, 0.2) is 36.5 Å². The molecule has 2 aromatic rings. The molecule has 10 heteroatoms. The van der Waals surface area contributed by atoms with Crippen LogP contribution in [0.2, 0.25) is 5.02 Å². The first-order valence-corrected chi connectivity index (χ1v) is 14.8. The zero-order valence-electron chi connectivity index (χ0n) is 23.1. The van der Waals surface area contributed by atoms with Crippen LogP contribution in [0, 0.1) is 11.7 Å². The lowest BCUT2D eigenvalue weighted by Crippen LogP contribution is -2.41. The van der Waals surface area contributed by atoms with E-state index in [-0.39, 0.29) is 36.4 Å². The Kier molecular flexibility index (Phi) is 9.55. The topological polar surface area (TPSA) is 86.8 Å². The smallest absolute Gasteiger partial charge is 0.223 e. The third-order valence-electron chi connectivity index (χ3n) is 8.37. The maximum absolute atomic E-state index is 14.9. The van der Waals surface area contributed by atoms with Gasteiger partial charge >= 0.3 is 0 Å². The summed E-state index contributed by atoms with van der Waals surface area (Å²) < 4.78 is 20.5. The molecular formula is C30H39ClFN5O3. The van der Waals surface area contributed by atoms with Crippen LogP contribution >= 0.6 is 11.6 Å². The highest BCUT2D eigenvalue weighted by atomic mass is 35.5. The molecule has 3 heterocycles. The van der Waals surface area contributed by atoms with Gasteiger partial charge in [-0.15, -0.1) is 0 Å². The van der Waals surface area contributed by atoms with E-state index in [1.165, 1.54) is 18.9 Å². The number of Topliss-reactive ketones (excluding diaryl/α,β-unsaturated/α-hetero) is 1. The van der Waals surface area contributed by atoms with Crippen molar-refractivity contribution in [2.75, 3.05) is 44.0 Å². The standard InChI is InChI=1S/C30H39ClFN5O3/c1-40-23-15-27(36(18-23)19-35-29-12-9-22(31)16-34-29)28(38)17-33-25-14-21(8-10-24(25)32)26(11-7-20-5-6-20)37-13-3-2-4-30(37)39/h8-10,12,14,16,20,23,26-27,33H,2-7,11,13,15,17-19H2,1H3,(H,34,35)/t23-,26?,27-/m1/s1. The van der Waals surface area contributed by atoms with Crippen LogP contribution < -0.4 is 10.6 Å². The Morgan fingerprint density at radius 1 is 1.23 bits per heavy atom. The Hall–Kier alpha value is -2.75. The van der Waals surface area contributed by atoms with Gasteiger partial charge in [-0.1, -0.05) is 30.5 Å². The maximum atomic E-state index is 14.9. The summed E-state index contributed by atoms with van der Waals surface area (Å²) in [6, 6.07) is 8.14. The van der Waals surface area contributed by atoms with Gasteiger partial charge in [0.25, 0.3) is 0 Å². The van der Waals surface area contributed by atoms with Crippen LogP contribution in [0.3, 0.4) is 0 Å². The Labute approximate surface area is 240 Å². The van der Waals surface area contributed by atoms with Crippen LogP contribution in [0.1, 0.15) is 63.0 Å². The Morgan fingerprint density at radius 3 is 2.80 bits per heavy atom. The molecule has 1 aromatic carbocycles. The van der Waals surface area contributed by atoms with Crippen molar-refractivity contribution in [3.63, 3.8) is 0 Å². The molecule has 216 valence electrons. The highest BCUT2D eigenvalue weighted by molar-refractivity contribution is 6.30. The number of rotatable bonds is 13. The molecule has 3 aliphatic rings. The molecule has 2 saturated heterocycles. The first-order chi connectivity index (χ1) is 19.4. The number of piperidine rings is 1. The number of ether oxygens (including phenoxy) is 1. The van der Waals surface area contributed by atoms with Crippen LogP contribution in [-0.2, 0) is 14.3 Å². The molecular weight excluding hydrogens is 533 g/mol. The largest absolute Gasteiger partial charge is 0.380 e. The number of methoxy groups -OCH3 is 1. The fraction of sp³-hybridized carbons (Fsp3) is 0.567. The van der Waals surface area contributed by atoms with Crippen molar-refractivity contribution in [1.82, 2.24) is 14.8 Å². The monoisotopic (exact) mass is 571 g/mol. The highest BCUT2D eigenvalue weighted by Crippen LogP contribution is 2.39. The second kappa shape index (κ2) is 13.3. The Balaban J connectivity index is 1.24. The van der Waals surface area contributed by atoms with Crippen molar-refractivity contribution in [3.8, 4) is 0 Å². The van der Waals surface area contributed by atoms with E-state index in [0.717, 1.165) is 43.7 Å². The van der Waals surface area contributed by atoms with Gasteiger partial charge < -0.3 is 20.3 Å². The van der Waals surface area contributed by atoms with Gasteiger partial charge in [0.1, 0.15) is 11.6 Å². The zero-order valence-corrected chi connectivity index (χ0v) is 23.8. The number of pyridine rings is 1. The lowest BCUT2D eigenvalue weighted by molar-refractivity contribution is -0.136. The molecule has 3 atom stereocenters. The van der Waals surface area contributed by atoms with Crippen molar-refractivity contribution in [1.29, 1.82) is 0 Å². The molecule has 8 nitrogen and oxygen atoms in total. The summed E-state index contributed by atoms with van der Waals surface area (Å²) >= 11 is 5.93. The molecule has 0 bridgehead atoms. The quantitative estimate of drug-likeness (QED) is 0.339. The minimum Gasteiger partial charge on any atom is -0.380 e. The number of nitrogens with one attached hydrogen (secondary N) is 2. The average Bonchev–Trinajstić information content (AvgIpc) is 3.70. The van der Waals surface area contributed by atoms with E-state index in [1.807, 2.05) is 9.80 Å². The summed E-state index contributed by atoms with van der Waals surface area (Å²) in [6.07, 6.45) is 9.03. The van der Waals surface area contributed by atoms with Crippen LogP contribution in [0.5, 0.6) is 0 Å². The first-order valence-electron chi connectivity index (χ1n) is 14.4. The molecule has 1 amide bonds. The van der Waals surface area contributed by atoms with E-state index in [4.69, 9.17) is 16.3 Å². The third-order valence-corrected chi connectivity index (χ3v) is 8.59. The van der Waals surface area contributed by atoms with Crippen molar-refractivity contribution < 1.29 is 18.7 Å². The molecule has 1 unspecified atom stereocenters. The van der Waals surface area contributed by atoms with Crippen molar-refractivity contribution >= 4 is 34.8 Å². The van der Waals surface area contributed by atoms with E-state index >= 15 is 0 Å². The molecule has 2 N–H and O–H groups in total. The number of benzene rings is 1. The number of amides is 1. The minimum atomic E-state index is -0.406. The van der Waals surface area contributed by atoms with Gasteiger partial charge in [-0.3, -0.25) is 14.5 Å². The number of aromatic nitrogens is 1. The third kappa shape index (κ3) is 7.30. The molecule has 1 aromatic heterocycles. The van der Waals surface area contributed by atoms with Gasteiger partial charge in [-0.25, -0.2) is 9.37 Å². The zero-order chi connectivity index (χ0) is 28.1. The summed E-state index contributed by atoms with van der Waals surface area (Å²) in [5.41, 5.74) is 1.22. The summed E-state index contributed by atoms with van der Waals surface area (Å²) in [4.78, 5) is 34.4. The van der Waals surface area contributed by atoms with E-state index in [0.29, 0.717) is 42.6 Å². The SMILES string of the molecule is CO[C@@H]1C[C@H](C(=O)CNc2cc(C(CCC3CC3)N3CCCCC3=O)ccc2F)N(CNc2ccc(Cl)cn2)C1. The molecule has 0 radical (unpaired) electrons. The van der Waals surface area contributed by atoms with Gasteiger partial charge in [0.15, 0.2) is 5.78 Å². The maximum Gasteiger partial charge on any atom is 0.223 e. The van der Waals surface area contributed by atoms with Gasteiger partial charge in [-0.2, -0.15) is 0 Å². The number of halogens is 2. The molecule has 2 aliphatic heterocycles. The summed E-state index contributed by atoms with van der Waals surface area (Å²) in [5.74, 6) is 1.14. The second-order valence-corrected chi connectivity index (χ2v) is 11.7. The van der Waals surface area contributed by atoms with Gasteiger partial charge in [-0.05, 0) is 67.9 Å². The number of ketones is 1. The molecule has 1 saturated carbocycles. The number of carbonyl (C=O) groups excluding carboxylic acids is 2. The number of anilines is 2. The summed E-state index contributed by atoms with van der Waals surface area (Å²) in [5, 5.41) is 6.86. The predicted molar refractivity (Wildman–Crippen MR) is 154 cm³/mol. The Bertz CT molecular complexity index is 1180. The van der Waals surface area contributed by atoms with Gasteiger partial charge in [0.05, 0.1) is 42.1 Å². The molecule has 5 rings (SSSR count). The van der Waals surface area contributed by atoms with E-state index < -0.39 is 5.82 Å². The van der Waals surface area contributed by atoms with Crippen LogP contribution in [-0.4, -0.2) is 72.0 Å². The fourth-order valence-electron chi connectivity index (χ4n) is 5.85. The fourth-order valence-corrected chi connectivity index (χ4v) is 5.96. The molecule has 40 heavy (non-hydrogen) atoms. The number of likely N-dealkylation sites (tertiary alicyclic amines) is 2. The molecule has 1 aliphatic carbocycles. The summed E-state index contributed by atoms with van der Waals surface area (Å²) in [7, 11) is 1.65. The van der Waals surface area contributed by atoms with Crippen molar-refractivity contribution in [2.45, 2.75) is 69.6 Å². The number of hydrogen-bond donors (Lipinski definition) is 2. The molecule has 3 fully saturated rings. The lowest BCUT2D eigenvalue weighted by atomic mass is 9.95. The minimum absolute atomic E-state index is 0.00739. The molecule has 0 spiro atoms. The average molecular weight is 572 g/mol. The summed E-state index contributed by atoms with van der Waals surface area (Å²) in [6.45, 7) is 1.75. The van der Waals surface area contributed by atoms with E-state index in [9.17, 15) is 14.0 Å². The van der Waals surface area contributed by atoms with Gasteiger partial charge in [0.2, 0.25) is 5.91 Å². The predicted octanol–water partition coefficient (Wildman–Crippen LogP) is 5.26.